The highest BCUT2D eigenvalue weighted by molar-refractivity contribution is 5.97. The SMILES string of the molecule is Cc1cc(C(=O)Cn2cnc([N+](=O)[O-])c2)c(C)n1-c1cccc(F)c1. The molecule has 0 aliphatic carbocycles. The lowest BCUT2D eigenvalue weighted by molar-refractivity contribution is -0.389. The summed E-state index contributed by atoms with van der Waals surface area (Å²) in [6.07, 6.45) is 2.46. The van der Waals surface area contributed by atoms with Crippen molar-refractivity contribution in [3.05, 3.63) is 75.7 Å². The van der Waals surface area contributed by atoms with Gasteiger partial charge in [-0.05, 0) is 48.0 Å². The van der Waals surface area contributed by atoms with Gasteiger partial charge in [-0.2, -0.15) is 0 Å². The summed E-state index contributed by atoms with van der Waals surface area (Å²) in [4.78, 5) is 26.3. The van der Waals surface area contributed by atoms with Crippen molar-refractivity contribution in [2.24, 2.45) is 0 Å². The zero-order valence-corrected chi connectivity index (χ0v) is 13.6. The first-order chi connectivity index (χ1) is 11.9. The third kappa shape index (κ3) is 3.18. The number of benzene rings is 1. The molecule has 0 aliphatic rings. The zero-order chi connectivity index (χ0) is 18.1. The van der Waals surface area contributed by atoms with E-state index >= 15 is 0 Å². The second-order valence-electron chi connectivity index (χ2n) is 5.68. The third-order valence-corrected chi connectivity index (χ3v) is 3.93. The lowest BCUT2D eigenvalue weighted by Gasteiger charge is -2.10. The lowest BCUT2D eigenvalue weighted by Crippen LogP contribution is -2.10. The Bertz CT molecular complexity index is 974. The van der Waals surface area contributed by atoms with E-state index < -0.39 is 4.92 Å². The summed E-state index contributed by atoms with van der Waals surface area (Å²) >= 11 is 0. The average molecular weight is 342 g/mol. The van der Waals surface area contributed by atoms with Gasteiger partial charge in [0.05, 0.1) is 6.54 Å². The molecule has 0 fully saturated rings. The summed E-state index contributed by atoms with van der Waals surface area (Å²) in [6.45, 7) is 3.55. The molecule has 25 heavy (non-hydrogen) atoms. The van der Waals surface area contributed by atoms with E-state index in [-0.39, 0.29) is 24.0 Å². The largest absolute Gasteiger partial charge is 0.381 e. The number of rotatable bonds is 5. The first-order valence-electron chi connectivity index (χ1n) is 7.51. The number of hydrogen-bond donors (Lipinski definition) is 0. The molecule has 0 amide bonds. The van der Waals surface area contributed by atoms with E-state index in [9.17, 15) is 19.3 Å². The summed E-state index contributed by atoms with van der Waals surface area (Å²) in [6, 6.07) is 7.85. The predicted molar refractivity (Wildman–Crippen MR) is 88.4 cm³/mol. The van der Waals surface area contributed by atoms with Crippen LogP contribution in [0.2, 0.25) is 0 Å². The lowest BCUT2D eigenvalue weighted by atomic mass is 10.1. The van der Waals surface area contributed by atoms with Crippen molar-refractivity contribution in [3.63, 3.8) is 0 Å². The number of carbonyl (C=O) groups excluding carboxylic acids is 1. The second kappa shape index (κ2) is 6.31. The monoisotopic (exact) mass is 342 g/mol. The van der Waals surface area contributed by atoms with Crippen molar-refractivity contribution >= 4 is 11.6 Å². The number of halogens is 1. The number of carbonyl (C=O) groups is 1. The fourth-order valence-corrected chi connectivity index (χ4v) is 2.84. The van der Waals surface area contributed by atoms with Crippen LogP contribution in [0.3, 0.4) is 0 Å². The number of hydrogen-bond acceptors (Lipinski definition) is 4. The summed E-state index contributed by atoms with van der Waals surface area (Å²) < 4.78 is 16.7. The van der Waals surface area contributed by atoms with Crippen molar-refractivity contribution in [1.29, 1.82) is 0 Å². The third-order valence-electron chi connectivity index (χ3n) is 3.93. The van der Waals surface area contributed by atoms with Crippen LogP contribution in [0.25, 0.3) is 5.69 Å². The fourth-order valence-electron chi connectivity index (χ4n) is 2.84. The molecule has 0 bridgehead atoms. The van der Waals surface area contributed by atoms with Crippen LogP contribution in [0.1, 0.15) is 21.7 Å². The van der Waals surface area contributed by atoms with Gasteiger partial charge < -0.3 is 19.2 Å². The molecular formula is C17H15FN4O3. The smallest absolute Gasteiger partial charge is 0.358 e. The fraction of sp³-hybridized carbons (Fsp3) is 0.176. The van der Waals surface area contributed by atoms with Crippen LogP contribution < -0.4 is 0 Å². The van der Waals surface area contributed by atoms with Crippen LogP contribution in [-0.4, -0.2) is 24.8 Å². The van der Waals surface area contributed by atoms with Gasteiger partial charge in [-0.25, -0.2) is 4.39 Å². The summed E-state index contributed by atoms with van der Waals surface area (Å²) in [5.74, 6) is -0.871. The van der Waals surface area contributed by atoms with Crippen LogP contribution in [-0.2, 0) is 6.54 Å². The van der Waals surface area contributed by atoms with Gasteiger partial charge >= 0.3 is 5.82 Å². The van der Waals surface area contributed by atoms with Gasteiger partial charge in [0.2, 0.25) is 6.33 Å². The standard InChI is InChI=1S/C17H15FN4O3/c1-11-6-15(12(2)21(11)14-5-3-4-13(18)7-14)16(23)8-20-9-17(19-10-20)22(24)25/h3-7,9-10H,8H2,1-2H3. The van der Waals surface area contributed by atoms with Crippen molar-refractivity contribution in [3.8, 4) is 5.69 Å². The molecule has 0 unspecified atom stereocenters. The van der Waals surface area contributed by atoms with E-state index in [1.54, 1.807) is 29.7 Å². The Balaban J connectivity index is 1.91. The average Bonchev–Trinajstić information content (AvgIpc) is 3.12. The normalized spacial score (nSPS) is 10.8. The van der Waals surface area contributed by atoms with Crippen LogP contribution in [0.5, 0.6) is 0 Å². The van der Waals surface area contributed by atoms with Crippen LogP contribution >= 0.6 is 0 Å². The molecule has 0 aliphatic heterocycles. The molecule has 0 saturated heterocycles. The van der Waals surface area contributed by atoms with Crippen molar-refractivity contribution in [2.75, 3.05) is 0 Å². The van der Waals surface area contributed by atoms with Crippen molar-refractivity contribution in [1.82, 2.24) is 14.1 Å². The highest BCUT2D eigenvalue weighted by Crippen LogP contribution is 2.22. The molecular weight excluding hydrogens is 327 g/mol. The van der Waals surface area contributed by atoms with E-state index in [2.05, 4.69) is 4.98 Å². The Morgan fingerprint density at radius 3 is 2.72 bits per heavy atom. The topological polar surface area (TPSA) is 83.0 Å². The molecule has 0 atom stereocenters. The molecule has 2 aromatic heterocycles. The molecule has 128 valence electrons. The van der Waals surface area contributed by atoms with E-state index in [4.69, 9.17) is 0 Å². The summed E-state index contributed by atoms with van der Waals surface area (Å²) in [7, 11) is 0. The first kappa shape index (κ1) is 16.6. The van der Waals surface area contributed by atoms with E-state index in [1.807, 2.05) is 6.92 Å². The van der Waals surface area contributed by atoms with Gasteiger partial charge in [-0.1, -0.05) is 6.07 Å². The van der Waals surface area contributed by atoms with E-state index in [0.717, 1.165) is 5.69 Å². The minimum Gasteiger partial charge on any atom is -0.358 e. The Morgan fingerprint density at radius 2 is 2.08 bits per heavy atom. The summed E-state index contributed by atoms with van der Waals surface area (Å²) in [5, 5.41) is 10.7. The van der Waals surface area contributed by atoms with Gasteiger partial charge in [0.15, 0.2) is 5.78 Å². The van der Waals surface area contributed by atoms with Gasteiger partial charge in [-0.3, -0.25) is 4.79 Å². The molecule has 0 saturated carbocycles. The van der Waals surface area contributed by atoms with E-state index in [1.165, 1.54) is 29.2 Å². The second-order valence-corrected chi connectivity index (χ2v) is 5.68. The molecule has 1 aromatic carbocycles. The minimum absolute atomic E-state index is 0.0612. The molecule has 0 N–H and O–H groups in total. The Morgan fingerprint density at radius 1 is 1.32 bits per heavy atom. The summed E-state index contributed by atoms with van der Waals surface area (Å²) in [5.41, 5.74) is 2.59. The maximum atomic E-state index is 13.5. The molecule has 3 rings (SSSR count). The van der Waals surface area contributed by atoms with Gasteiger partial charge in [0.25, 0.3) is 0 Å². The Kier molecular flexibility index (Phi) is 4.18. The maximum Gasteiger partial charge on any atom is 0.381 e. The Hall–Kier alpha value is -3.29. The molecule has 7 nitrogen and oxygen atoms in total. The number of Topliss-reactive ketones (excluding diaryl/α,β-unsaturated/α-hetero) is 1. The minimum atomic E-state index is -0.614. The quantitative estimate of drug-likeness (QED) is 0.405. The molecule has 2 heterocycles. The van der Waals surface area contributed by atoms with Gasteiger partial charge in [0.1, 0.15) is 12.0 Å². The number of aromatic nitrogens is 3. The van der Waals surface area contributed by atoms with Crippen molar-refractivity contribution in [2.45, 2.75) is 20.4 Å². The molecule has 0 spiro atoms. The van der Waals surface area contributed by atoms with Crippen LogP contribution in [0.4, 0.5) is 10.2 Å². The van der Waals surface area contributed by atoms with Gasteiger partial charge in [-0.15, -0.1) is 0 Å². The predicted octanol–water partition coefficient (Wildman–Crippen LogP) is 3.22. The first-order valence-corrected chi connectivity index (χ1v) is 7.51. The van der Waals surface area contributed by atoms with Crippen LogP contribution in [0, 0.1) is 29.8 Å². The number of nitrogens with zero attached hydrogens (tertiary/aromatic N) is 4. The molecule has 3 aromatic rings. The number of aryl methyl sites for hydroxylation is 1. The highest BCUT2D eigenvalue weighted by atomic mass is 19.1. The highest BCUT2D eigenvalue weighted by Gasteiger charge is 2.19. The maximum absolute atomic E-state index is 13.5. The van der Waals surface area contributed by atoms with E-state index in [0.29, 0.717) is 16.9 Å². The number of ketones is 1. The number of nitro groups is 1. The zero-order valence-electron chi connectivity index (χ0n) is 13.6. The van der Waals surface area contributed by atoms with Crippen molar-refractivity contribution < 1.29 is 14.1 Å². The Labute approximate surface area is 142 Å². The van der Waals surface area contributed by atoms with Crippen LogP contribution in [0.15, 0.2) is 42.9 Å². The molecule has 8 heteroatoms. The van der Waals surface area contributed by atoms with Gasteiger partial charge in [0, 0.05) is 22.6 Å². The molecule has 0 radical (unpaired) electrons. The number of imidazole rings is 1.